The number of benzene rings is 2. The topological polar surface area (TPSA) is 81.8 Å². The van der Waals surface area contributed by atoms with Crippen LogP contribution in [0.5, 0.6) is 0 Å². The fraction of sp³-hybridized carbons (Fsp3) is 0.182. The van der Waals surface area contributed by atoms with Crippen molar-refractivity contribution >= 4 is 22.5 Å². The molecular weight excluding hydrogens is 385 g/mol. The number of hydrogen-bond donors (Lipinski definition) is 1. The zero-order chi connectivity index (χ0) is 20.7. The Morgan fingerprint density at radius 3 is 2.57 bits per heavy atom. The van der Waals surface area contributed by atoms with Crippen LogP contribution < -0.4 is 10.9 Å². The van der Waals surface area contributed by atoms with Gasteiger partial charge in [0.15, 0.2) is 0 Å². The summed E-state index contributed by atoms with van der Waals surface area (Å²) in [6, 6.07) is 15.2. The van der Waals surface area contributed by atoms with E-state index in [4.69, 9.17) is 0 Å². The van der Waals surface area contributed by atoms with E-state index in [1.165, 1.54) is 18.2 Å². The molecule has 1 fully saturated rings. The molecule has 5 rings (SSSR count). The Hall–Kier alpha value is -3.81. The van der Waals surface area contributed by atoms with Crippen molar-refractivity contribution in [3.8, 4) is 5.69 Å². The molecule has 0 spiro atoms. The Bertz CT molecular complexity index is 1310. The predicted molar refractivity (Wildman–Crippen MR) is 110 cm³/mol. The lowest BCUT2D eigenvalue weighted by molar-refractivity contribution is -0.117. The summed E-state index contributed by atoms with van der Waals surface area (Å²) in [5.74, 6) is -0.814. The van der Waals surface area contributed by atoms with E-state index in [1.54, 1.807) is 16.9 Å². The van der Waals surface area contributed by atoms with Gasteiger partial charge in [-0.05, 0) is 37.1 Å². The van der Waals surface area contributed by atoms with E-state index in [2.05, 4.69) is 15.5 Å². The molecule has 1 saturated carbocycles. The van der Waals surface area contributed by atoms with Crippen LogP contribution in [0, 0.1) is 5.82 Å². The van der Waals surface area contributed by atoms with Gasteiger partial charge in [-0.3, -0.25) is 9.59 Å². The zero-order valence-electron chi connectivity index (χ0n) is 16.0. The molecular formula is C22H18FN5O2. The van der Waals surface area contributed by atoms with Crippen LogP contribution in [0.15, 0.2) is 65.6 Å². The van der Waals surface area contributed by atoms with Crippen molar-refractivity contribution in [2.24, 2.45) is 0 Å². The van der Waals surface area contributed by atoms with Crippen LogP contribution in [0.3, 0.4) is 0 Å². The number of hydrogen-bond acceptors (Lipinski definition) is 4. The fourth-order valence-corrected chi connectivity index (χ4v) is 3.51. The van der Waals surface area contributed by atoms with E-state index < -0.39 is 17.3 Å². The summed E-state index contributed by atoms with van der Waals surface area (Å²) < 4.78 is 16.6. The SMILES string of the molecule is O=C(Cn1nc(C2CC2)c2cnn(-c3ccccc3)c2c1=O)Nc1ccccc1F. The minimum atomic E-state index is -0.539. The number of para-hydroxylation sites is 2. The maximum Gasteiger partial charge on any atom is 0.293 e. The van der Waals surface area contributed by atoms with Crippen LogP contribution in [0.4, 0.5) is 10.1 Å². The average molecular weight is 403 g/mol. The molecule has 1 amide bonds. The van der Waals surface area contributed by atoms with Crippen LogP contribution in [-0.4, -0.2) is 25.5 Å². The maximum atomic E-state index is 13.8. The lowest BCUT2D eigenvalue weighted by Gasteiger charge is -2.11. The Kier molecular flexibility index (Phi) is 4.39. The molecule has 150 valence electrons. The van der Waals surface area contributed by atoms with Crippen molar-refractivity contribution in [2.75, 3.05) is 5.32 Å². The predicted octanol–water partition coefficient (Wildman–Crippen LogP) is 3.24. The van der Waals surface area contributed by atoms with Crippen molar-refractivity contribution in [2.45, 2.75) is 25.3 Å². The highest BCUT2D eigenvalue weighted by molar-refractivity contribution is 5.91. The number of nitrogens with zero attached hydrogens (tertiary/aromatic N) is 4. The number of rotatable bonds is 5. The highest BCUT2D eigenvalue weighted by Crippen LogP contribution is 2.41. The Labute approximate surface area is 170 Å². The molecule has 0 radical (unpaired) electrons. The van der Waals surface area contributed by atoms with Crippen LogP contribution in [0.2, 0.25) is 0 Å². The Morgan fingerprint density at radius 2 is 1.83 bits per heavy atom. The third-order valence-corrected chi connectivity index (χ3v) is 5.12. The molecule has 2 aromatic heterocycles. The first kappa shape index (κ1) is 18.2. The van der Waals surface area contributed by atoms with Gasteiger partial charge in [0.05, 0.1) is 23.3 Å². The molecule has 1 aliphatic rings. The fourth-order valence-electron chi connectivity index (χ4n) is 3.51. The lowest BCUT2D eigenvalue weighted by atomic mass is 10.2. The first-order valence-corrected chi connectivity index (χ1v) is 9.70. The first-order chi connectivity index (χ1) is 14.6. The molecule has 8 heteroatoms. The molecule has 2 heterocycles. The first-order valence-electron chi connectivity index (χ1n) is 9.70. The van der Waals surface area contributed by atoms with Crippen molar-refractivity contribution in [3.05, 3.63) is 82.7 Å². The Morgan fingerprint density at radius 1 is 1.10 bits per heavy atom. The second-order valence-corrected chi connectivity index (χ2v) is 7.30. The largest absolute Gasteiger partial charge is 0.322 e. The third-order valence-electron chi connectivity index (χ3n) is 5.12. The standard InChI is InChI=1S/C22H18FN5O2/c23-17-8-4-5-9-18(17)25-19(29)13-27-22(30)21-16(20(26-27)14-10-11-14)12-24-28(21)15-6-2-1-3-7-15/h1-9,12,14H,10-11,13H2,(H,25,29). The molecule has 1 N–H and O–H groups in total. The number of anilines is 1. The van der Waals surface area contributed by atoms with Gasteiger partial charge >= 0.3 is 0 Å². The monoisotopic (exact) mass is 403 g/mol. The number of carbonyl (C=O) groups is 1. The zero-order valence-corrected chi connectivity index (χ0v) is 16.0. The second kappa shape index (κ2) is 7.22. The van der Waals surface area contributed by atoms with Gasteiger partial charge in [0.1, 0.15) is 17.9 Å². The second-order valence-electron chi connectivity index (χ2n) is 7.30. The smallest absolute Gasteiger partial charge is 0.293 e. The molecule has 0 unspecified atom stereocenters. The third kappa shape index (κ3) is 3.26. The number of halogens is 1. The molecule has 0 atom stereocenters. The van der Waals surface area contributed by atoms with Crippen LogP contribution in [0.25, 0.3) is 16.6 Å². The highest BCUT2D eigenvalue weighted by Gasteiger charge is 2.30. The van der Waals surface area contributed by atoms with Crippen molar-refractivity contribution in [1.82, 2.24) is 19.6 Å². The van der Waals surface area contributed by atoms with Crippen LogP contribution in [-0.2, 0) is 11.3 Å². The molecule has 30 heavy (non-hydrogen) atoms. The summed E-state index contributed by atoms with van der Waals surface area (Å²) >= 11 is 0. The van der Waals surface area contributed by atoms with E-state index in [1.807, 2.05) is 30.3 Å². The minimum absolute atomic E-state index is 0.0633. The number of fused-ring (bicyclic) bond motifs is 1. The van der Waals surface area contributed by atoms with Crippen molar-refractivity contribution in [3.63, 3.8) is 0 Å². The summed E-state index contributed by atoms with van der Waals surface area (Å²) in [7, 11) is 0. The van der Waals surface area contributed by atoms with E-state index in [0.717, 1.165) is 28.9 Å². The van der Waals surface area contributed by atoms with Gasteiger partial charge < -0.3 is 5.32 Å². The summed E-state index contributed by atoms with van der Waals surface area (Å²) in [5.41, 5.74) is 1.55. The number of amides is 1. The van der Waals surface area contributed by atoms with Gasteiger partial charge in [-0.2, -0.15) is 10.2 Å². The summed E-state index contributed by atoms with van der Waals surface area (Å²) in [6.07, 6.45) is 3.63. The van der Waals surface area contributed by atoms with E-state index in [-0.39, 0.29) is 18.2 Å². The maximum absolute atomic E-state index is 13.8. The van der Waals surface area contributed by atoms with Crippen LogP contribution in [0.1, 0.15) is 24.5 Å². The molecule has 0 bridgehead atoms. The van der Waals surface area contributed by atoms with E-state index >= 15 is 0 Å². The lowest BCUT2D eigenvalue weighted by Crippen LogP contribution is -2.31. The number of nitrogens with one attached hydrogen (secondary N) is 1. The quantitative estimate of drug-likeness (QED) is 0.555. The van der Waals surface area contributed by atoms with Gasteiger partial charge in [0, 0.05) is 11.3 Å². The highest BCUT2D eigenvalue weighted by atomic mass is 19.1. The average Bonchev–Trinajstić information content (AvgIpc) is 3.50. The number of carbonyl (C=O) groups excluding carboxylic acids is 1. The minimum Gasteiger partial charge on any atom is -0.322 e. The molecule has 0 aliphatic heterocycles. The molecule has 2 aromatic carbocycles. The van der Waals surface area contributed by atoms with Gasteiger partial charge in [-0.25, -0.2) is 13.8 Å². The molecule has 4 aromatic rings. The van der Waals surface area contributed by atoms with Gasteiger partial charge in [0.25, 0.3) is 5.56 Å². The number of aromatic nitrogens is 4. The molecule has 7 nitrogen and oxygen atoms in total. The van der Waals surface area contributed by atoms with Gasteiger partial charge in [-0.1, -0.05) is 30.3 Å². The van der Waals surface area contributed by atoms with Gasteiger partial charge in [-0.15, -0.1) is 0 Å². The van der Waals surface area contributed by atoms with Crippen molar-refractivity contribution in [1.29, 1.82) is 0 Å². The normalized spacial score (nSPS) is 13.5. The Balaban J connectivity index is 1.57. The van der Waals surface area contributed by atoms with Crippen molar-refractivity contribution < 1.29 is 9.18 Å². The molecule has 1 aliphatic carbocycles. The van der Waals surface area contributed by atoms with Crippen LogP contribution >= 0.6 is 0 Å². The van der Waals surface area contributed by atoms with E-state index in [9.17, 15) is 14.0 Å². The summed E-state index contributed by atoms with van der Waals surface area (Å²) in [6.45, 7) is -0.317. The van der Waals surface area contributed by atoms with Gasteiger partial charge in [0.2, 0.25) is 5.91 Å². The van der Waals surface area contributed by atoms with E-state index in [0.29, 0.717) is 10.9 Å². The molecule has 0 saturated heterocycles. The summed E-state index contributed by atoms with van der Waals surface area (Å²) in [4.78, 5) is 25.7. The summed E-state index contributed by atoms with van der Waals surface area (Å²) in [5, 5.41) is 12.1.